The molecule has 0 radical (unpaired) electrons. The summed E-state index contributed by atoms with van der Waals surface area (Å²) in [6, 6.07) is 5.70. The summed E-state index contributed by atoms with van der Waals surface area (Å²) in [6.45, 7) is 6.24. The lowest BCUT2D eigenvalue weighted by molar-refractivity contribution is -0.134. The number of fused-ring (bicyclic) bond motifs is 1. The molecule has 1 aromatic carbocycles. The van der Waals surface area contributed by atoms with Crippen molar-refractivity contribution in [2.75, 3.05) is 59.0 Å². The first-order valence-corrected chi connectivity index (χ1v) is 9.85. The van der Waals surface area contributed by atoms with Crippen LogP contribution in [0.5, 0.6) is 11.5 Å². The Hall–Kier alpha value is -2.28. The molecule has 3 aliphatic rings. The Balaban J connectivity index is 1.25. The summed E-state index contributed by atoms with van der Waals surface area (Å²) in [5.41, 5.74) is 0.941. The van der Waals surface area contributed by atoms with Crippen molar-refractivity contribution in [1.82, 2.24) is 14.7 Å². The van der Waals surface area contributed by atoms with E-state index in [9.17, 15) is 9.59 Å². The summed E-state index contributed by atoms with van der Waals surface area (Å²) in [5, 5.41) is 0. The van der Waals surface area contributed by atoms with Gasteiger partial charge in [-0.1, -0.05) is 6.07 Å². The zero-order valence-corrected chi connectivity index (χ0v) is 15.7. The Labute approximate surface area is 159 Å². The van der Waals surface area contributed by atoms with Crippen LogP contribution in [0.15, 0.2) is 18.2 Å². The van der Waals surface area contributed by atoms with Crippen molar-refractivity contribution in [2.45, 2.75) is 19.3 Å². The first kappa shape index (κ1) is 18.1. The average molecular weight is 373 g/mol. The molecular weight excluding hydrogens is 346 g/mol. The third-order valence-corrected chi connectivity index (χ3v) is 5.50. The van der Waals surface area contributed by atoms with Gasteiger partial charge in [0, 0.05) is 39.3 Å². The summed E-state index contributed by atoms with van der Waals surface area (Å²) in [7, 11) is 0. The third kappa shape index (κ3) is 4.35. The van der Waals surface area contributed by atoms with E-state index in [0.717, 1.165) is 56.1 Å². The zero-order chi connectivity index (χ0) is 18.6. The van der Waals surface area contributed by atoms with Gasteiger partial charge in [0.2, 0.25) is 11.8 Å². The van der Waals surface area contributed by atoms with E-state index in [1.807, 2.05) is 28.0 Å². The molecule has 2 fully saturated rings. The maximum absolute atomic E-state index is 12.6. The molecular formula is C20H27N3O4. The van der Waals surface area contributed by atoms with Crippen molar-refractivity contribution in [3.8, 4) is 11.5 Å². The largest absolute Gasteiger partial charge is 0.486 e. The summed E-state index contributed by atoms with van der Waals surface area (Å²) in [4.78, 5) is 30.9. The highest BCUT2D eigenvalue weighted by atomic mass is 16.6. The number of nitrogens with zero attached hydrogens (tertiary/aromatic N) is 3. The monoisotopic (exact) mass is 373 g/mol. The molecule has 0 N–H and O–H groups in total. The van der Waals surface area contributed by atoms with Crippen LogP contribution in [0.3, 0.4) is 0 Å². The van der Waals surface area contributed by atoms with Crippen LogP contribution in [0.25, 0.3) is 0 Å². The number of benzene rings is 1. The summed E-state index contributed by atoms with van der Waals surface area (Å²) >= 11 is 0. The third-order valence-electron chi connectivity index (χ3n) is 5.50. The lowest BCUT2D eigenvalue weighted by Gasteiger charge is -2.35. The van der Waals surface area contributed by atoms with E-state index in [1.165, 1.54) is 0 Å². The number of amides is 2. The predicted molar refractivity (Wildman–Crippen MR) is 100.0 cm³/mol. The number of likely N-dealkylation sites (tertiary alicyclic amines) is 1. The van der Waals surface area contributed by atoms with E-state index < -0.39 is 0 Å². The van der Waals surface area contributed by atoms with Gasteiger partial charge < -0.3 is 19.3 Å². The fourth-order valence-electron chi connectivity index (χ4n) is 3.90. The van der Waals surface area contributed by atoms with Gasteiger partial charge in [0.25, 0.3) is 0 Å². The maximum Gasteiger partial charge on any atom is 0.236 e. The van der Waals surface area contributed by atoms with Gasteiger partial charge in [-0.05, 0) is 30.5 Å². The molecule has 0 unspecified atom stereocenters. The second-order valence-electron chi connectivity index (χ2n) is 7.40. The highest BCUT2D eigenvalue weighted by Crippen LogP contribution is 2.31. The van der Waals surface area contributed by atoms with Crippen molar-refractivity contribution >= 4 is 11.8 Å². The Morgan fingerprint density at radius 2 is 1.48 bits per heavy atom. The van der Waals surface area contributed by atoms with Gasteiger partial charge >= 0.3 is 0 Å². The van der Waals surface area contributed by atoms with Crippen LogP contribution < -0.4 is 9.47 Å². The Morgan fingerprint density at radius 1 is 0.815 bits per heavy atom. The van der Waals surface area contributed by atoms with Crippen molar-refractivity contribution in [3.63, 3.8) is 0 Å². The molecule has 0 atom stereocenters. The number of ether oxygens (including phenoxy) is 2. The Bertz CT molecular complexity index is 694. The number of rotatable bonds is 4. The minimum Gasteiger partial charge on any atom is -0.486 e. The summed E-state index contributed by atoms with van der Waals surface area (Å²) in [5.74, 6) is 1.81. The SMILES string of the molecule is O=C(Cc1ccc2c(c1)OCCO2)N1CCN(CC(=O)N2CCCC2)CC1. The van der Waals surface area contributed by atoms with E-state index >= 15 is 0 Å². The minimum absolute atomic E-state index is 0.122. The van der Waals surface area contributed by atoms with Crippen LogP contribution in [-0.4, -0.2) is 85.5 Å². The highest BCUT2D eigenvalue weighted by molar-refractivity contribution is 5.80. The zero-order valence-electron chi connectivity index (χ0n) is 15.7. The minimum atomic E-state index is 0.122. The summed E-state index contributed by atoms with van der Waals surface area (Å²) in [6.07, 6.45) is 2.60. The smallest absolute Gasteiger partial charge is 0.236 e. The molecule has 7 heteroatoms. The molecule has 2 saturated heterocycles. The van der Waals surface area contributed by atoms with Crippen molar-refractivity contribution in [1.29, 1.82) is 0 Å². The number of hydrogen-bond donors (Lipinski definition) is 0. The van der Waals surface area contributed by atoms with Crippen molar-refractivity contribution in [3.05, 3.63) is 23.8 Å². The van der Waals surface area contributed by atoms with Crippen LogP contribution in [0.4, 0.5) is 0 Å². The van der Waals surface area contributed by atoms with Crippen molar-refractivity contribution in [2.24, 2.45) is 0 Å². The summed E-state index contributed by atoms with van der Waals surface area (Å²) < 4.78 is 11.1. The lowest BCUT2D eigenvalue weighted by atomic mass is 10.1. The highest BCUT2D eigenvalue weighted by Gasteiger charge is 2.25. The molecule has 4 rings (SSSR count). The number of hydrogen-bond acceptors (Lipinski definition) is 5. The van der Waals surface area contributed by atoms with Crippen LogP contribution in [-0.2, 0) is 16.0 Å². The maximum atomic E-state index is 12.6. The van der Waals surface area contributed by atoms with Gasteiger partial charge in [0.05, 0.1) is 13.0 Å². The molecule has 27 heavy (non-hydrogen) atoms. The molecule has 0 spiro atoms. The van der Waals surface area contributed by atoms with Crippen LogP contribution in [0.1, 0.15) is 18.4 Å². The van der Waals surface area contributed by atoms with Crippen LogP contribution >= 0.6 is 0 Å². The molecule has 2 amide bonds. The molecule has 0 aliphatic carbocycles. The van der Waals surface area contributed by atoms with Crippen LogP contribution in [0, 0.1) is 0 Å². The van der Waals surface area contributed by atoms with E-state index in [-0.39, 0.29) is 11.8 Å². The topological polar surface area (TPSA) is 62.3 Å². The van der Waals surface area contributed by atoms with Gasteiger partial charge in [-0.3, -0.25) is 14.5 Å². The van der Waals surface area contributed by atoms with E-state index in [0.29, 0.717) is 39.3 Å². The lowest BCUT2D eigenvalue weighted by Crippen LogP contribution is -2.51. The van der Waals surface area contributed by atoms with Gasteiger partial charge in [0.1, 0.15) is 13.2 Å². The molecule has 0 aromatic heterocycles. The Morgan fingerprint density at radius 3 is 2.22 bits per heavy atom. The molecule has 3 aliphatic heterocycles. The number of piperazine rings is 1. The standard InChI is InChI=1S/C20H27N3O4/c24-19(14-16-3-4-17-18(13-16)27-12-11-26-17)23-9-7-21(8-10-23)15-20(25)22-5-1-2-6-22/h3-4,13H,1-2,5-12,14-15H2. The van der Waals surface area contributed by atoms with E-state index in [2.05, 4.69) is 4.90 Å². The van der Waals surface area contributed by atoms with Gasteiger partial charge in [-0.15, -0.1) is 0 Å². The van der Waals surface area contributed by atoms with E-state index in [4.69, 9.17) is 9.47 Å². The second-order valence-corrected chi connectivity index (χ2v) is 7.40. The number of carbonyl (C=O) groups is 2. The van der Waals surface area contributed by atoms with Crippen molar-refractivity contribution < 1.29 is 19.1 Å². The predicted octanol–water partition coefficient (Wildman–Crippen LogP) is 0.767. The molecule has 7 nitrogen and oxygen atoms in total. The van der Waals surface area contributed by atoms with E-state index in [1.54, 1.807) is 0 Å². The Kier molecular flexibility index (Phi) is 5.48. The molecule has 3 heterocycles. The molecule has 1 aromatic rings. The second kappa shape index (κ2) is 8.17. The fraction of sp³-hybridized carbons (Fsp3) is 0.600. The van der Waals surface area contributed by atoms with Gasteiger partial charge in [0.15, 0.2) is 11.5 Å². The molecule has 146 valence electrons. The first-order chi connectivity index (χ1) is 13.2. The quantitative estimate of drug-likeness (QED) is 0.780. The van der Waals surface area contributed by atoms with Gasteiger partial charge in [-0.25, -0.2) is 0 Å². The first-order valence-electron chi connectivity index (χ1n) is 9.85. The fourth-order valence-corrected chi connectivity index (χ4v) is 3.90. The normalized spacial score (nSPS) is 20.0. The molecule has 0 bridgehead atoms. The molecule has 0 saturated carbocycles. The number of carbonyl (C=O) groups excluding carboxylic acids is 2. The average Bonchev–Trinajstić information content (AvgIpc) is 3.23. The van der Waals surface area contributed by atoms with Gasteiger partial charge in [-0.2, -0.15) is 0 Å². The van der Waals surface area contributed by atoms with Crippen LogP contribution in [0.2, 0.25) is 0 Å².